The molecule has 2 rings (SSSR count). The van der Waals surface area contributed by atoms with Gasteiger partial charge in [0.15, 0.2) is 5.78 Å². The van der Waals surface area contributed by atoms with Crippen molar-refractivity contribution in [2.45, 2.75) is 26.8 Å². The molecule has 0 fully saturated rings. The van der Waals surface area contributed by atoms with E-state index in [4.69, 9.17) is 4.74 Å². The van der Waals surface area contributed by atoms with Crippen LogP contribution in [0.15, 0.2) is 29.0 Å². The number of hydrogen-bond acceptors (Lipinski definition) is 4. The summed E-state index contributed by atoms with van der Waals surface area (Å²) >= 11 is 3.37. The first-order valence-corrected chi connectivity index (χ1v) is 7.54. The number of halogens is 1. The van der Waals surface area contributed by atoms with Crippen LogP contribution in [0.3, 0.4) is 0 Å². The molecule has 0 radical (unpaired) electrons. The van der Waals surface area contributed by atoms with Crippen LogP contribution >= 0.6 is 15.9 Å². The van der Waals surface area contributed by atoms with Gasteiger partial charge in [-0.2, -0.15) is 5.10 Å². The summed E-state index contributed by atoms with van der Waals surface area (Å²) in [5.41, 5.74) is 0.555. The van der Waals surface area contributed by atoms with Crippen molar-refractivity contribution in [3.05, 3.63) is 40.4 Å². The Morgan fingerprint density at radius 3 is 2.86 bits per heavy atom. The molecule has 0 unspecified atom stereocenters. The third kappa shape index (κ3) is 3.91. The number of nitrogens with zero attached hydrogens (tertiary/aromatic N) is 3. The number of rotatable bonds is 6. The molecule has 0 aliphatic heterocycles. The zero-order chi connectivity index (χ0) is 15.4. The van der Waals surface area contributed by atoms with Crippen LogP contribution in [0.1, 0.15) is 30.0 Å². The quantitative estimate of drug-likeness (QED) is 0.750. The molecule has 112 valence electrons. The van der Waals surface area contributed by atoms with Crippen LogP contribution in [-0.4, -0.2) is 27.7 Å². The third-order valence-corrected chi connectivity index (χ3v) is 3.51. The van der Waals surface area contributed by atoms with Crippen molar-refractivity contribution in [2.24, 2.45) is 5.92 Å². The number of carbonyl (C=O) groups is 1. The molecule has 0 aliphatic rings. The number of benzene rings is 1. The topological polar surface area (TPSA) is 57.0 Å². The molecule has 0 atom stereocenters. The minimum absolute atomic E-state index is 0.0302. The lowest BCUT2D eigenvalue weighted by Crippen LogP contribution is -2.14. The Hall–Kier alpha value is -1.69. The number of Topliss-reactive ketones (excluding diaryl/α,β-unsaturated/α-hetero) is 1. The fourth-order valence-electron chi connectivity index (χ4n) is 2.06. The van der Waals surface area contributed by atoms with Crippen LogP contribution in [0, 0.1) is 5.92 Å². The van der Waals surface area contributed by atoms with Crippen molar-refractivity contribution in [3.63, 3.8) is 0 Å². The summed E-state index contributed by atoms with van der Waals surface area (Å²) in [5, 5.41) is 4.17. The monoisotopic (exact) mass is 351 g/mol. The summed E-state index contributed by atoms with van der Waals surface area (Å²) in [4.78, 5) is 16.7. The summed E-state index contributed by atoms with van der Waals surface area (Å²) in [7, 11) is 1.56. The first-order valence-electron chi connectivity index (χ1n) is 6.74. The smallest absolute Gasteiger partial charge is 0.174 e. The molecule has 0 bridgehead atoms. The second kappa shape index (κ2) is 6.85. The molecule has 0 amide bonds. The number of ketones is 1. The van der Waals surface area contributed by atoms with Crippen molar-refractivity contribution in [3.8, 4) is 5.75 Å². The van der Waals surface area contributed by atoms with E-state index in [9.17, 15) is 4.79 Å². The van der Waals surface area contributed by atoms with Crippen LogP contribution in [0.5, 0.6) is 5.75 Å². The molecule has 0 N–H and O–H groups in total. The van der Waals surface area contributed by atoms with Crippen LogP contribution in [0.2, 0.25) is 0 Å². The van der Waals surface area contributed by atoms with Gasteiger partial charge in [-0.1, -0.05) is 29.8 Å². The van der Waals surface area contributed by atoms with Crippen LogP contribution in [0.4, 0.5) is 0 Å². The van der Waals surface area contributed by atoms with E-state index in [-0.39, 0.29) is 12.2 Å². The van der Waals surface area contributed by atoms with Gasteiger partial charge in [-0.25, -0.2) is 9.67 Å². The van der Waals surface area contributed by atoms with E-state index in [0.717, 1.165) is 11.0 Å². The lowest BCUT2D eigenvalue weighted by Gasteiger charge is -2.10. The summed E-state index contributed by atoms with van der Waals surface area (Å²) < 4.78 is 7.93. The Morgan fingerprint density at radius 2 is 2.19 bits per heavy atom. The highest BCUT2D eigenvalue weighted by Crippen LogP contribution is 2.24. The molecule has 0 saturated carbocycles. The van der Waals surface area contributed by atoms with Gasteiger partial charge >= 0.3 is 0 Å². The van der Waals surface area contributed by atoms with Crippen molar-refractivity contribution in [2.75, 3.05) is 7.11 Å². The molecule has 0 spiro atoms. The maximum absolute atomic E-state index is 12.5. The first-order chi connectivity index (χ1) is 10.0. The van der Waals surface area contributed by atoms with Crippen LogP contribution in [-0.2, 0) is 13.0 Å². The molecule has 0 saturated heterocycles. The second-order valence-corrected chi connectivity index (χ2v) is 6.11. The number of aromatic nitrogens is 3. The highest BCUT2D eigenvalue weighted by atomic mass is 79.9. The predicted molar refractivity (Wildman–Crippen MR) is 83.6 cm³/mol. The SMILES string of the molecule is COc1cc(Br)ccc1C(=O)Cc1ncnn1CC(C)C. The van der Waals surface area contributed by atoms with Crippen molar-refractivity contribution in [1.29, 1.82) is 0 Å². The molecule has 1 heterocycles. The van der Waals surface area contributed by atoms with E-state index in [2.05, 4.69) is 39.9 Å². The van der Waals surface area contributed by atoms with E-state index in [0.29, 0.717) is 23.1 Å². The standard InChI is InChI=1S/C15H18BrN3O2/c1-10(2)8-19-15(17-9-18-19)7-13(20)12-5-4-11(16)6-14(12)21-3/h4-6,9-10H,7-8H2,1-3H3. The lowest BCUT2D eigenvalue weighted by atomic mass is 10.1. The molecule has 1 aromatic carbocycles. The van der Waals surface area contributed by atoms with E-state index in [1.807, 2.05) is 6.07 Å². The van der Waals surface area contributed by atoms with Gasteiger partial charge in [0, 0.05) is 11.0 Å². The van der Waals surface area contributed by atoms with Crippen molar-refractivity contribution < 1.29 is 9.53 Å². The van der Waals surface area contributed by atoms with Gasteiger partial charge in [0.2, 0.25) is 0 Å². The molecule has 5 nitrogen and oxygen atoms in total. The number of ether oxygens (including phenoxy) is 1. The summed E-state index contributed by atoms with van der Waals surface area (Å²) in [6.07, 6.45) is 1.70. The maximum Gasteiger partial charge on any atom is 0.174 e. The zero-order valence-corrected chi connectivity index (χ0v) is 13.9. The molecular formula is C15H18BrN3O2. The van der Waals surface area contributed by atoms with Gasteiger partial charge in [0.1, 0.15) is 17.9 Å². The average Bonchev–Trinajstić information content (AvgIpc) is 2.84. The molecule has 1 aromatic heterocycles. The normalized spacial score (nSPS) is 10.9. The highest BCUT2D eigenvalue weighted by molar-refractivity contribution is 9.10. The zero-order valence-electron chi connectivity index (χ0n) is 12.3. The Balaban J connectivity index is 2.21. The van der Waals surface area contributed by atoms with E-state index in [1.54, 1.807) is 23.9 Å². The molecule has 21 heavy (non-hydrogen) atoms. The first kappa shape index (κ1) is 15.7. The summed E-state index contributed by atoms with van der Waals surface area (Å²) in [6.45, 7) is 4.95. The van der Waals surface area contributed by atoms with Crippen LogP contribution in [0.25, 0.3) is 0 Å². The summed E-state index contributed by atoms with van der Waals surface area (Å²) in [5.74, 6) is 1.66. The minimum atomic E-state index is -0.0302. The Kier molecular flexibility index (Phi) is 5.12. The Bertz CT molecular complexity index is 638. The van der Waals surface area contributed by atoms with Gasteiger partial charge in [0.25, 0.3) is 0 Å². The maximum atomic E-state index is 12.5. The largest absolute Gasteiger partial charge is 0.496 e. The highest BCUT2D eigenvalue weighted by Gasteiger charge is 2.16. The van der Waals surface area contributed by atoms with Crippen LogP contribution < -0.4 is 4.74 Å². The van der Waals surface area contributed by atoms with Gasteiger partial charge in [-0.3, -0.25) is 4.79 Å². The molecule has 2 aromatic rings. The van der Waals surface area contributed by atoms with E-state index < -0.39 is 0 Å². The van der Waals surface area contributed by atoms with Gasteiger partial charge in [-0.05, 0) is 24.1 Å². The average molecular weight is 352 g/mol. The van der Waals surface area contributed by atoms with Gasteiger partial charge < -0.3 is 4.74 Å². The fraction of sp³-hybridized carbons (Fsp3) is 0.400. The number of carbonyl (C=O) groups excluding carboxylic acids is 1. The lowest BCUT2D eigenvalue weighted by molar-refractivity contribution is 0.0986. The molecule has 6 heteroatoms. The number of hydrogen-bond donors (Lipinski definition) is 0. The third-order valence-electron chi connectivity index (χ3n) is 3.02. The van der Waals surface area contributed by atoms with Crippen molar-refractivity contribution >= 4 is 21.7 Å². The second-order valence-electron chi connectivity index (χ2n) is 5.20. The van der Waals surface area contributed by atoms with Crippen molar-refractivity contribution in [1.82, 2.24) is 14.8 Å². The predicted octanol–water partition coefficient (Wildman–Crippen LogP) is 3.13. The fourth-order valence-corrected chi connectivity index (χ4v) is 2.40. The Labute approximate surface area is 132 Å². The molecule has 0 aliphatic carbocycles. The Morgan fingerprint density at radius 1 is 1.43 bits per heavy atom. The molecular weight excluding hydrogens is 334 g/mol. The van der Waals surface area contributed by atoms with Gasteiger partial charge in [-0.15, -0.1) is 0 Å². The van der Waals surface area contributed by atoms with E-state index in [1.165, 1.54) is 6.33 Å². The summed E-state index contributed by atoms with van der Waals surface area (Å²) in [6, 6.07) is 5.37. The minimum Gasteiger partial charge on any atom is -0.496 e. The van der Waals surface area contributed by atoms with Gasteiger partial charge in [0.05, 0.1) is 19.1 Å². The van der Waals surface area contributed by atoms with E-state index >= 15 is 0 Å². The number of methoxy groups -OCH3 is 1.